The summed E-state index contributed by atoms with van der Waals surface area (Å²) in [6.07, 6.45) is -1.08. The highest BCUT2D eigenvalue weighted by atomic mass is 32.2. The van der Waals surface area contributed by atoms with E-state index >= 15 is 0 Å². The molecule has 6 nitrogen and oxygen atoms in total. The molecule has 0 bridgehead atoms. The molecule has 5 rings (SSSR count). The van der Waals surface area contributed by atoms with Crippen molar-refractivity contribution in [1.82, 2.24) is 5.06 Å². The second-order valence-corrected chi connectivity index (χ2v) is 9.83. The highest BCUT2D eigenvalue weighted by Gasteiger charge is 2.58. The summed E-state index contributed by atoms with van der Waals surface area (Å²) >= 11 is 0. The van der Waals surface area contributed by atoms with Crippen LogP contribution in [0.1, 0.15) is 22.8 Å². The molecule has 3 aromatic carbocycles. The highest BCUT2D eigenvalue weighted by Crippen LogP contribution is 2.42. The predicted molar refractivity (Wildman–Crippen MR) is 120 cm³/mol. The van der Waals surface area contributed by atoms with Crippen molar-refractivity contribution in [3.05, 3.63) is 108 Å². The third kappa shape index (κ3) is 4.35. The van der Waals surface area contributed by atoms with E-state index < -0.39 is 33.6 Å². The van der Waals surface area contributed by atoms with Crippen LogP contribution in [0.4, 0.5) is 0 Å². The Labute approximate surface area is 188 Å². The summed E-state index contributed by atoms with van der Waals surface area (Å²) in [7, 11) is -3.78. The Hall–Kier alpha value is -2.55. The maximum Gasteiger partial charge on any atom is 0.274 e. The minimum atomic E-state index is -3.78. The molecule has 0 amide bonds. The molecule has 32 heavy (non-hydrogen) atoms. The van der Waals surface area contributed by atoms with Gasteiger partial charge in [0.25, 0.3) is 10.1 Å². The van der Waals surface area contributed by atoms with Crippen LogP contribution in [-0.4, -0.2) is 37.5 Å². The quantitative estimate of drug-likeness (QED) is 0.509. The van der Waals surface area contributed by atoms with E-state index in [1.54, 1.807) is 5.06 Å². The zero-order valence-electron chi connectivity index (χ0n) is 17.5. The van der Waals surface area contributed by atoms with E-state index in [4.69, 9.17) is 13.8 Å². The van der Waals surface area contributed by atoms with Gasteiger partial charge in [0, 0.05) is 6.54 Å². The van der Waals surface area contributed by atoms with E-state index in [0.29, 0.717) is 13.2 Å². The number of nitrogens with zero attached hydrogens (tertiary/aromatic N) is 1. The zero-order chi connectivity index (χ0) is 22.0. The minimum Gasteiger partial charge on any atom is -0.367 e. The van der Waals surface area contributed by atoms with Crippen LogP contribution in [0.3, 0.4) is 0 Å². The fourth-order valence-corrected chi connectivity index (χ4v) is 6.04. The number of benzene rings is 3. The smallest absolute Gasteiger partial charge is 0.274 e. The zero-order valence-corrected chi connectivity index (χ0v) is 18.3. The second kappa shape index (κ2) is 9.13. The lowest BCUT2D eigenvalue weighted by atomic mass is 9.97. The fraction of sp³-hybridized carbons (Fsp3) is 0.280. The van der Waals surface area contributed by atoms with Crippen molar-refractivity contribution in [2.45, 2.75) is 36.7 Å². The van der Waals surface area contributed by atoms with Gasteiger partial charge in [-0.1, -0.05) is 91.0 Å². The van der Waals surface area contributed by atoms with Crippen molar-refractivity contribution in [2.75, 3.05) is 6.61 Å². The molecule has 0 saturated carbocycles. The Bertz CT molecular complexity index is 1120. The molecule has 2 fully saturated rings. The number of rotatable bonds is 7. The third-order valence-corrected chi connectivity index (χ3v) is 7.64. The molecule has 0 spiro atoms. The summed E-state index contributed by atoms with van der Waals surface area (Å²) in [6.45, 7) is 0.829. The first-order valence-electron chi connectivity index (χ1n) is 10.7. The number of hydroxylamine groups is 2. The van der Waals surface area contributed by atoms with Crippen LogP contribution in [0.2, 0.25) is 0 Å². The summed E-state index contributed by atoms with van der Waals surface area (Å²) < 4.78 is 37.3. The lowest BCUT2D eigenvalue weighted by Gasteiger charge is -2.32. The first-order valence-corrected chi connectivity index (χ1v) is 12.1. The molecule has 2 saturated heterocycles. The SMILES string of the molecule is O=S1(=O)OC[C@@H]2ON(Cc3ccccc3)[C@@H]([C@@H](OCc3ccccc3)c3ccccc3)[C@@H]21. The molecule has 4 atom stereocenters. The number of ether oxygens (including phenoxy) is 1. The van der Waals surface area contributed by atoms with Crippen molar-refractivity contribution in [2.24, 2.45) is 0 Å². The van der Waals surface area contributed by atoms with Crippen molar-refractivity contribution in [3.8, 4) is 0 Å². The van der Waals surface area contributed by atoms with Crippen LogP contribution in [0, 0.1) is 0 Å². The Morgan fingerprint density at radius 2 is 1.47 bits per heavy atom. The molecule has 7 heteroatoms. The summed E-state index contributed by atoms with van der Waals surface area (Å²) in [5, 5.41) is 0.945. The standard InChI is InChI=1S/C25H25NO5S/c27-32(28)25-22(18-30-32)31-26(16-19-10-4-1-5-11-19)23(25)24(21-14-8-3-9-15-21)29-17-20-12-6-2-7-13-20/h1-15,22-25H,16-18H2/t22-,23-,24-,25+/m0/s1. The van der Waals surface area contributed by atoms with E-state index in [2.05, 4.69) is 0 Å². The van der Waals surface area contributed by atoms with E-state index in [1.807, 2.05) is 91.0 Å². The molecule has 0 N–H and O–H groups in total. The average Bonchev–Trinajstić information content (AvgIpc) is 3.33. The van der Waals surface area contributed by atoms with Gasteiger partial charge < -0.3 is 4.74 Å². The van der Waals surface area contributed by atoms with E-state index in [9.17, 15) is 8.42 Å². The van der Waals surface area contributed by atoms with Crippen molar-refractivity contribution < 1.29 is 22.2 Å². The van der Waals surface area contributed by atoms with Gasteiger partial charge in [-0.3, -0.25) is 9.02 Å². The molecular weight excluding hydrogens is 426 g/mol. The van der Waals surface area contributed by atoms with Crippen LogP contribution in [0.5, 0.6) is 0 Å². The van der Waals surface area contributed by atoms with Crippen LogP contribution in [0.15, 0.2) is 91.0 Å². The van der Waals surface area contributed by atoms with Crippen molar-refractivity contribution >= 4 is 10.1 Å². The summed E-state index contributed by atoms with van der Waals surface area (Å²) in [6, 6.07) is 28.9. The van der Waals surface area contributed by atoms with E-state index in [0.717, 1.165) is 16.7 Å². The van der Waals surface area contributed by atoms with Crippen LogP contribution < -0.4 is 0 Å². The molecule has 3 aromatic rings. The summed E-state index contributed by atoms with van der Waals surface area (Å²) in [4.78, 5) is 6.14. The largest absolute Gasteiger partial charge is 0.367 e. The van der Waals surface area contributed by atoms with Gasteiger partial charge in [-0.15, -0.1) is 0 Å². The lowest BCUT2D eigenvalue weighted by molar-refractivity contribution is -0.193. The normalized spacial score (nSPS) is 25.4. The maximum absolute atomic E-state index is 12.9. The molecule has 2 aliphatic heterocycles. The fourth-order valence-electron chi connectivity index (χ4n) is 4.43. The predicted octanol–water partition coefficient (Wildman–Crippen LogP) is 3.86. The number of hydrogen-bond acceptors (Lipinski definition) is 6. The molecular formula is C25H25NO5S. The van der Waals surface area contributed by atoms with Crippen LogP contribution >= 0.6 is 0 Å². The molecule has 166 valence electrons. The van der Waals surface area contributed by atoms with Crippen molar-refractivity contribution in [3.63, 3.8) is 0 Å². The monoisotopic (exact) mass is 451 g/mol. The number of fused-ring (bicyclic) bond motifs is 1. The van der Waals surface area contributed by atoms with Gasteiger partial charge in [-0.25, -0.2) is 0 Å². The molecule has 0 radical (unpaired) electrons. The lowest BCUT2D eigenvalue weighted by Crippen LogP contribution is -2.43. The molecule has 0 aliphatic carbocycles. The van der Waals surface area contributed by atoms with Crippen LogP contribution in [-0.2, 0) is 37.0 Å². The van der Waals surface area contributed by atoms with E-state index in [1.165, 1.54) is 0 Å². The first-order chi connectivity index (χ1) is 15.6. The van der Waals surface area contributed by atoms with Gasteiger partial charge >= 0.3 is 0 Å². The van der Waals surface area contributed by atoms with Gasteiger partial charge in [-0.2, -0.15) is 13.5 Å². The number of hydrogen-bond donors (Lipinski definition) is 0. The van der Waals surface area contributed by atoms with E-state index in [-0.39, 0.29) is 6.61 Å². The Kier molecular flexibility index (Phi) is 6.08. The van der Waals surface area contributed by atoms with Gasteiger partial charge in [0.2, 0.25) is 0 Å². The highest BCUT2D eigenvalue weighted by molar-refractivity contribution is 7.87. The first kappa shape index (κ1) is 21.3. The Morgan fingerprint density at radius 1 is 0.875 bits per heavy atom. The Morgan fingerprint density at radius 3 is 2.12 bits per heavy atom. The molecule has 2 heterocycles. The van der Waals surface area contributed by atoms with Gasteiger partial charge in [-0.05, 0) is 16.7 Å². The minimum absolute atomic E-state index is 0.0228. The average molecular weight is 452 g/mol. The topological polar surface area (TPSA) is 65.1 Å². The molecule has 2 aliphatic rings. The third-order valence-electron chi connectivity index (χ3n) is 5.93. The van der Waals surface area contributed by atoms with Gasteiger partial charge in [0.15, 0.2) is 0 Å². The van der Waals surface area contributed by atoms with Crippen molar-refractivity contribution in [1.29, 1.82) is 0 Å². The van der Waals surface area contributed by atoms with Crippen LogP contribution in [0.25, 0.3) is 0 Å². The summed E-state index contributed by atoms with van der Waals surface area (Å²) in [5.74, 6) is 0. The van der Waals surface area contributed by atoms with Gasteiger partial charge in [0.1, 0.15) is 17.5 Å². The second-order valence-electron chi connectivity index (χ2n) is 8.07. The van der Waals surface area contributed by atoms with Gasteiger partial charge in [0.05, 0.1) is 19.3 Å². The molecule has 0 unspecified atom stereocenters. The molecule has 0 aromatic heterocycles. The maximum atomic E-state index is 12.9. The summed E-state index contributed by atoms with van der Waals surface area (Å²) in [5.41, 5.74) is 2.95. The Balaban J connectivity index is 1.51.